The Morgan fingerprint density at radius 1 is 1.15 bits per heavy atom. The van der Waals surface area contributed by atoms with Crippen LogP contribution in [-0.2, 0) is 21.8 Å². The Hall–Kier alpha value is -2.04. The molecule has 12 heteroatoms. The zero-order valence-corrected chi connectivity index (χ0v) is 15.8. The summed E-state index contributed by atoms with van der Waals surface area (Å²) in [7, 11) is -2.74. The minimum Gasteiger partial charge on any atom is -0.495 e. The number of methoxy groups -OCH3 is 1. The van der Waals surface area contributed by atoms with Crippen molar-refractivity contribution in [3.05, 3.63) is 51.6 Å². The van der Waals surface area contributed by atoms with Gasteiger partial charge in [-0.3, -0.25) is 4.40 Å². The number of aromatic nitrogens is 3. The van der Waals surface area contributed by atoms with E-state index in [1.165, 1.54) is 25.3 Å². The van der Waals surface area contributed by atoms with Crippen molar-refractivity contribution in [2.45, 2.75) is 17.1 Å². The first-order chi connectivity index (χ1) is 12.5. The molecule has 0 saturated heterocycles. The van der Waals surface area contributed by atoms with E-state index in [0.717, 1.165) is 0 Å². The number of nitrogens with zero attached hydrogens (tertiary/aromatic N) is 3. The lowest BCUT2D eigenvalue weighted by Gasteiger charge is -2.09. The minimum atomic E-state index is -4.72. The second-order valence-electron chi connectivity index (χ2n) is 5.48. The van der Waals surface area contributed by atoms with Crippen molar-refractivity contribution in [1.82, 2.24) is 14.6 Å². The average molecular weight is 440 g/mol. The number of pyridine rings is 1. The number of rotatable bonds is 4. The highest BCUT2D eigenvalue weighted by molar-refractivity contribution is 7.90. The van der Waals surface area contributed by atoms with Crippen molar-refractivity contribution in [1.29, 1.82) is 0 Å². The Bertz CT molecular complexity index is 1130. The highest BCUT2D eigenvalue weighted by Crippen LogP contribution is 2.33. The Labute approximate surface area is 161 Å². The first-order valence-corrected chi connectivity index (χ1v) is 9.60. The van der Waals surface area contributed by atoms with Crippen molar-refractivity contribution in [2.75, 3.05) is 7.11 Å². The molecule has 0 saturated carbocycles. The average Bonchev–Trinajstić information content (AvgIpc) is 2.99. The van der Waals surface area contributed by atoms with Crippen LogP contribution in [0, 0.1) is 0 Å². The summed E-state index contributed by atoms with van der Waals surface area (Å²) in [5, 5.41) is 6.27. The molecule has 0 atom stereocenters. The highest BCUT2D eigenvalue weighted by atomic mass is 35.5. The second kappa shape index (κ2) is 6.84. The smallest absolute Gasteiger partial charge is 0.417 e. The molecule has 6 nitrogen and oxygen atoms in total. The predicted octanol–water partition coefficient (Wildman–Crippen LogP) is 4.04. The van der Waals surface area contributed by atoms with Gasteiger partial charge < -0.3 is 4.74 Å². The largest absolute Gasteiger partial charge is 0.495 e. The molecular weight excluding hydrogens is 430 g/mol. The van der Waals surface area contributed by atoms with Crippen LogP contribution in [0.25, 0.3) is 5.65 Å². The van der Waals surface area contributed by atoms with E-state index in [-0.39, 0.29) is 15.7 Å². The zero-order chi connectivity index (χ0) is 20.0. The van der Waals surface area contributed by atoms with E-state index < -0.39 is 32.5 Å². The molecule has 1 aromatic carbocycles. The van der Waals surface area contributed by atoms with Gasteiger partial charge in [-0.1, -0.05) is 29.3 Å². The molecule has 2 heterocycles. The van der Waals surface area contributed by atoms with Crippen molar-refractivity contribution in [3.63, 3.8) is 0 Å². The fourth-order valence-electron chi connectivity index (χ4n) is 2.38. The number of halogens is 5. The number of sulfone groups is 1. The normalized spacial score (nSPS) is 12.5. The molecule has 0 spiro atoms. The Morgan fingerprint density at radius 3 is 2.44 bits per heavy atom. The van der Waals surface area contributed by atoms with Gasteiger partial charge in [0.25, 0.3) is 5.16 Å². The lowest BCUT2D eigenvalue weighted by Crippen LogP contribution is -2.12. The van der Waals surface area contributed by atoms with Gasteiger partial charge in [-0.2, -0.15) is 13.2 Å². The first kappa shape index (κ1) is 19.7. The molecule has 0 radical (unpaired) electrons. The molecule has 0 unspecified atom stereocenters. The van der Waals surface area contributed by atoms with E-state index in [1.807, 2.05) is 0 Å². The monoisotopic (exact) mass is 439 g/mol. The van der Waals surface area contributed by atoms with E-state index >= 15 is 0 Å². The van der Waals surface area contributed by atoms with Crippen molar-refractivity contribution in [3.8, 4) is 5.75 Å². The number of hydrogen-bond donors (Lipinski definition) is 0. The molecule has 0 fully saturated rings. The third kappa shape index (κ3) is 3.83. The van der Waals surface area contributed by atoms with Crippen LogP contribution in [0.1, 0.15) is 11.1 Å². The summed E-state index contributed by atoms with van der Waals surface area (Å²) in [6.45, 7) is 0. The molecule has 0 aliphatic carbocycles. The van der Waals surface area contributed by atoms with Gasteiger partial charge in [0.05, 0.1) is 28.5 Å². The van der Waals surface area contributed by atoms with Crippen LogP contribution in [0.5, 0.6) is 5.75 Å². The summed E-state index contributed by atoms with van der Waals surface area (Å²) in [5.41, 5.74) is -1.02. The van der Waals surface area contributed by atoms with Crippen molar-refractivity contribution < 1.29 is 26.3 Å². The van der Waals surface area contributed by atoms with Crippen LogP contribution < -0.4 is 4.74 Å². The molecule has 2 aromatic heterocycles. The quantitative estimate of drug-likeness (QED) is 0.613. The van der Waals surface area contributed by atoms with Gasteiger partial charge in [-0.25, -0.2) is 8.42 Å². The maximum atomic E-state index is 13.0. The van der Waals surface area contributed by atoms with Crippen LogP contribution in [-0.4, -0.2) is 30.1 Å². The van der Waals surface area contributed by atoms with Crippen LogP contribution in [0.2, 0.25) is 10.0 Å². The van der Waals surface area contributed by atoms with Gasteiger partial charge in [-0.15, -0.1) is 10.2 Å². The van der Waals surface area contributed by atoms with E-state index in [0.29, 0.717) is 28.0 Å². The third-order valence-corrected chi connectivity index (χ3v) is 5.73. The van der Waals surface area contributed by atoms with Gasteiger partial charge in [0.2, 0.25) is 9.84 Å². The maximum Gasteiger partial charge on any atom is 0.417 e. The van der Waals surface area contributed by atoms with Crippen molar-refractivity contribution >= 4 is 38.7 Å². The summed E-state index contributed by atoms with van der Waals surface area (Å²) in [6.07, 6.45) is -4.12. The number of hydrogen-bond acceptors (Lipinski definition) is 5. The van der Waals surface area contributed by atoms with E-state index in [1.54, 1.807) is 0 Å². The predicted molar refractivity (Wildman–Crippen MR) is 91.9 cm³/mol. The Balaban J connectivity index is 2.08. The van der Waals surface area contributed by atoms with Crippen LogP contribution in [0.3, 0.4) is 0 Å². The van der Waals surface area contributed by atoms with E-state index in [2.05, 4.69) is 10.2 Å². The number of fused-ring (bicyclic) bond motifs is 1. The fraction of sp³-hybridized carbons (Fsp3) is 0.200. The molecule has 0 aliphatic heterocycles. The van der Waals surface area contributed by atoms with Gasteiger partial charge in [0.1, 0.15) is 5.75 Å². The summed E-state index contributed by atoms with van der Waals surface area (Å²) in [6, 6.07) is 4.99. The maximum absolute atomic E-state index is 13.0. The van der Waals surface area contributed by atoms with Crippen LogP contribution in [0.15, 0.2) is 35.6 Å². The van der Waals surface area contributed by atoms with Gasteiger partial charge in [-0.05, 0) is 23.8 Å². The van der Waals surface area contributed by atoms with Gasteiger partial charge in [0, 0.05) is 6.20 Å². The summed E-state index contributed by atoms with van der Waals surface area (Å²) in [5.74, 6) is -0.196. The number of alkyl halides is 3. The minimum absolute atomic E-state index is 0.193. The van der Waals surface area contributed by atoms with E-state index in [4.69, 9.17) is 27.9 Å². The Kier molecular flexibility index (Phi) is 5.00. The first-order valence-electron chi connectivity index (χ1n) is 7.19. The third-order valence-electron chi connectivity index (χ3n) is 3.61. The SMILES string of the molecule is COc1ccc(CS(=O)(=O)c2nnc3c(Cl)cc(C(F)(F)F)cn23)cc1Cl. The lowest BCUT2D eigenvalue weighted by atomic mass is 10.2. The van der Waals surface area contributed by atoms with Crippen molar-refractivity contribution in [2.24, 2.45) is 0 Å². The standard InChI is InChI=1S/C15H10Cl2F3N3O3S/c1-26-12-3-2-8(4-10(12)16)7-27(24,25)14-22-21-13-11(17)5-9(6-23(13)14)15(18,19)20/h2-6H,7H2,1H3. The zero-order valence-electron chi connectivity index (χ0n) is 13.5. The molecule has 27 heavy (non-hydrogen) atoms. The summed E-state index contributed by atoms with van der Waals surface area (Å²) in [4.78, 5) is 0. The molecule has 144 valence electrons. The van der Waals surface area contributed by atoms with E-state index in [9.17, 15) is 21.6 Å². The molecule has 0 N–H and O–H groups in total. The molecule has 3 rings (SSSR count). The second-order valence-corrected chi connectivity index (χ2v) is 8.18. The Morgan fingerprint density at radius 2 is 1.85 bits per heavy atom. The van der Waals surface area contributed by atoms with Gasteiger partial charge in [0.15, 0.2) is 5.65 Å². The molecule has 0 aliphatic rings. The van der Waals surface area contributed by atoms with Crippen LogP contribution in [0.4, 0.5) is 13.2 Å². The molecular formula is C15H10Cl2F3N3O3S. The fourth-order valence-corrected chi connectivity index (χ4v) is 4.26. The summed E-state index contributed by atoms with van der Waals surface area (Å²) >= 11 is 11.8. The topological polar surface area (TPSA) is 73.6 Å². The molecule has 0 amide bonds. The molecule has 3 aromatic rings. The number of benzene rings is 1. The molecule has 0 bridgehead atoms. The van der Waals surface area contributed by atoms with Gasteiger partial charge >= 0.3 is 6.18 Å². The number of ether oxygens (including phenoxy) is 1. The lowest BCUT2D eigenvalue weighted by molar-refractivity contribution is -0.137. The summed E-state index contributed by atoms with van der Waals surface area (Å²) < 4.78 is 70.1. The van der Waals surface area contributed by atoms with Crippen LogP contribution >= 0.6 is 23.2 Å². The highest BCUT2D eigenvalue weighted by Gasteiger charge is 2.33.